The fraction of sp³-hybridized carbons (Fsp3) is 0.345. The first-order chi connectivity index (χ1) is 18.7. The molecule has 2 atom stereocenters. The second kappa shape index (κ2) is 11.3. The lowest BCUT2D eigenvalue weighted by Gasteiger charge is -2.20. The van der Waals surface area contributed by atoms with Gasteiger partial charge in [-0.25, -0.2) is 9.97 Å². The standard InChI is InChI=1S/C29H32F3N4O3P/c1-6-18(2)39-40(37,38)17-25-35-24-16-19(26-23(29(30,31)32)8-7-15-33-26)9-14-22(24)27(36-25)34-21-12-10-20(11-13-21)28(3,4)5/h7-16,18H,6,17H2,1-5H3,(H,37,38)(H,34,35,36). The Hall–Kier alpha value is -3.33. The highest BCUT2D eigenvalue weighted by molar-refractivity contribution is 7.51. The van der Waals surface area contributed by atoms with E-state index in [2.05, 4.69) is 41.0 Å². The van der Waals surface area contributed by atoms with Crippen LogP contribution in [0.5, 0.6) is 0 Å². The minimum absolute atomic E-state index is 0.0182. The number of anilines is 2. The summed E-state index contributed by atoms with van der Waals surface area (Å²) in [6, 6.07) is 14.6. The van der Waals surface area contributed by atoms with Gasteiger partial charge in [-0.3, -0.25) is 9.55 Å². The van der Waals surface area contributed by atoms with Gasteiger partial charge in [0.2, 0.25) is 0 Å². The molecule has 11 heteroatoms. The molecule has 7 nitrogen and oxygen atoms in total. The van der Waals surface area contributed by atoms with Crippen LogP contribution in [0.2, 0.25) is 0 Å². The number of hydrogen-bond acceptors (Lipinski definition) is 6. The number of hydrogen-bond donors (Lipinski definition) is 2. The first-order valence-electron chi connectivity index (χ1n) is 12.9. The summed E-state index contributed by atoms with van der Waals surface area (Å²) in [5.41, 5.74) is 1.19. The smallest absolute Gasteiger partial charge is 0.340 e. The van der Waals surface area contributed by atoms with Gasteiger partial charge in [-0.15, -0.1) is 0 Å². The average molecular weight is 573 g/mol. The quantitative estimate of drug-likeness (QED) is 0.205. The minimum atomic E-state index is -4.60. The lowest BCUT2D eigenvalue weighted by Crippen LogP contribution is -2.11. The van der Waals surface area contributed by atoms with Gasteiger partial charge in [0, 0.05) is 22.8 Å². The van der Waals surface area contributed by atoms with Crippen LogP contribution in [-0.4, -0.2) is 25.9 Å². The molecule has 2 unspecified atom stereocenters. The number of benzene rings is 2. The van der Waals surface area contributed by atoms with Gasteiger partial charge in [-0.1, -0.05) is 45.9 Å². The van der Waals surface area contributed by atoms with Crippen LogP contribution in [0.4, 0.5) is 24.7 Å². The van der Waals surface area contributed by atoms with Crippen molar-refractivity contribution in [3.63, 3.8) is 0 Å². The molecule has 2 aromatic heterocycles. The van der Waals surface area contributed by atoms with Crippen molar-refractivity contribution >= 4 is 30.0 Å². The van der Waals surface area contributed by atoms with Gasteiger partial charge in [-0.05, 0) is 60.7 Å². The molecule has 4 aromatic rings. The molecule has 0 saturated carbocycles. The normalized spacial score (nSPS) is 14.6. The Balaban J connectivity index is 1.82. The van der Waals surface area contributed by atoms with Crippen LogP contribution < -0.4 is 5.32 Å². The molecule has 212 valence electrons. The molecule has 0 aliphatic rings. The molecule has 0 bridgehead atoms. The SMILES string of the molecule is CCC(C)OP(=O)(O)Cc1nc(Nc2ccc(C(C)(C)C)cc2)c2ccc(-c3ncccc3C(F)(F)F)cc2n1. The number of fused-ring (bicyclic) bond motifs is 1. The predicted molar refractivity (Wildman–Crippen MR) is 151 cm³/mol. The Labute approximate surface area is 231 Å². The van der Waals surface area contributed by atoms with Gasteiger partial charge in [-0.2, -0.15) is 13.2 Å². The summed E-state index contributed by atoms with van der Waals surface area (Å²) < 4.78 is 59.2. The van der Waals surface area contributed by atoms with Crippen LogP contribution in [0.15, 0.2) is 60.8 Å². The average Bonchev–Trinajstić information content (AvgIpc) is 2.87. The van der Waals surface area contributed by atoms with Crippen LogP contribution in [-0.2, 0) is 26.8 Å². The Morgan fingerprint density at radius 3 is 2.38 bits per heavy atom. The zero-order valence-electron chi connectivity index (χ0n) is 23.0. The lowest BCUT2D eigenvalue weighted by molar-refractivity contribution is -0.137. The monoisotopic (exact) mass is 572 g/mol. The van der Waals surface area contributed by atoms with E-state index in [0.29, 0.717) is 23.1 Å². The maximum Gasteiger partial charge on any atom is 0.418 e. The highest BCUT2D eigenvalue weighted by Gasteiger charge is 2.34. The molecule has 2 aromatic carbocycles. The van der Waals surface area contributed by atoms with Crippen LogP contribution in [0, 0.1) is 0 Å². The lowest BCUT2D eigenvalue weighted by atomic mass is 9.87. The van der Waals surface area contributed by atoms with Crippen molar-refractivity contribution in [2.75, 3.05) is 5.32 Å². The molecule has 0 fully saturated rings. The van der Waals surface area contributed by atoms with Gasteiger partial charge in [0.05, 0.1) is 22.9 Å². The molecular formula is C29H32F3N4O3P. The third-order valence-electron chi connectivity index (χ3n) is 6.40. The Bertz CT molecular complexity index is 1550. The summed E-state index contributed by atoms with van der Waals surface area (Å²) in [5.74, 6) is 0.361. The van der Waals surface area contributed by atoms with Gasteiger partial charge >= 0.3 is 13.8 Å². The van der Waals surface area contributed by atoms with E-state index in [1.165, 1.54) is 24.4 Å². The van der Waals surface area contributed by atoms with E-state index >= 15 is 0 Å². The van der Waals surface area contributed by atoms with E-state index in [1.54, 1.807) is 13.0 Å². The summed E-state index contributed by atoms with van der Waals surface area (Å²) in [6.07, 6.45) is -3.69. The second-order valence-corrected chi connectivity index (χ2v) is 12.5. The first-order valence-corrected chi connectivity index (χ1v) is 14.6. The number of nitrogens with zero attached hydrogens (tertiary/aromatic N) is 3. The maximum atomic E-state index is 13.7. The number of nitrogens with one attached hydrogen (secondary N) is 1. The molecule has 0 radical (unpaired) electrons. The molecular weight excluding hydrogens is 540 g/mol. The largest absolute Gasteiger partial charge is 0.418 e. The number of aromatic nitrogens is 3. The fourth-order valence-corrected chi connectivity index (χ4v) is 5.40. The van der Waals surface area contributed by atoms with Crippen LogP contribution in [0.25, 0.3) is 22.2 Å². The van der Waals surface area contributed by atoms with Crippen LogP contribution in [0.1, 0.15) is 58.0 Å². The third-order valence-corrected chi connectivity index (χ3v) is 7.78. The van der Waals surface area contributed by atoms with E-state index in [0.717, 1.165) is 17.3 Å². The Kier molecular flexibility index (Phi) is 8.36. The van der Waals surface area contributed by atoms with E-state index in [4.69, 9.17) is 4.52 Å². The van der Waals surface area contributed by atoms with Gasteiger partial charge in [0.1, 0.15) is 17.8 Å². The molecule has 2 heterocycles. The van der Waals surface area contributed by atoms with Gasteiger partial charge in [0.15, 0.2) is 0 Å². The number of pyridine rings is 1. The van der Waals surface area contributed by atoms with Crippen molar-refractivity contribution in [3.05, 3.63) is 77.7 Å². The zero-order chi connectivity index (χ0) is 29.3. The molecule has 0 spiro atoms. The molecule has 0 saturated heterocycles. The highest BCUT2D eigenvalue weighted by Crippen LogP contribution is 2.47. The van der Waals surface area contributed by atoms with Crippen LogP contribution in [0.3, 0.4) is 0 Å². The molecule has 0 aliphatic heterocycles. The second-order valence-electron chi connectivity index (χ2n) is 10.7. The van der Waals surface area contributed by atoms with E-state index in [1.807, 2.05) is 31.2 Å². The molecule has 0 aliphatic carbocycles. The molecule has 4 rings (SSSR count). The number of alkyl halides is 3. The Morgan fingerprint density at radius 1 is 1.05 bits per heavy atom. The van der Waals surface area contributed by atoms with E-state index in [-0.39, 0.29) is 22.5 Å². The number of rotatable bonds is 8. The summed E-state index contributed by atoms with van der Waals surface area (Å²) in [5, 5.41) is 3.76. The van der Waals surface area contributed by atoms with Crippen LogP contribution >= 0.6 is 7.60 Å². The molecule has 40 heavy (non-hydrogen) atoms. The predicted octanol–water partition coefficient (Wildman–Crippen LogP) is 8.25. The molecule has 0 amide bonds. The fourth-order valence-electron chi connectivity index (χ4n) is 4.12. The van der Waals surface area contributed by atoms with Crippen molar-refractivity contribution in [2.24, 2.45) is 0 Å². The zero-order valence-corrected chi connectivity index (χ0v) is 23.8. The van der Waals surface area contributed by atoms with Crippen molar-refractivity contribution in [1.82, 2.24) is 15.0 Å². The summed E-state index contributed by atoms with van der Waals surface area (Å²) >= 11 is 0. The van der Waals surface area contributed by atoms with E-state index in [9.17, 15) is 22.6 Å². The summed E-state index contributed by atoms with van der Waals surface area (Å²) in [7, 11) is -4.11. The summed E-state index contributed by atoms with van der Waals surface area (Å²) in [4.78, 5) is 23.4. The number of halogens is 3. The third kappa shape index (κ3) is 7.05. The van der Waals surface area contributed by atoms with Crippen molar-refractivity contribution in [3.8, 4) is 11.3 Å². The van der Waals surface area contributed by atoms with Gasteiger partial charge in [0.25, 0.3) is 0 Å². The topological polar surface area (TPSA) is 97.2 Å². The van der Waals surface area contributed by atoms with Crippen molar-refractivity contribution in [2.45, 2.75) is 64.9 Å². The van der Waals surface area contributed by atoms with Crippen molar-refractivity contribution < 1.29 is 27.2 Å². The van der Waals surface area contributed by atoms with E-state index < -0.39 is 31.6 Å². The molecule has 2 N–H and O–H groups in total. The Morgan fingerprint density at radius 2 is 1.75 bits per heavy atom. The first kappa shape index (κ1) is 29.6. The minimum Gasteiger partial charge on any atom is -0.340 e. The van der Waals surface area contributed by atoms with Crippen molar-refractivity contribution in [1.29, 1.82) is 0 Å². The maximum absolute atomic E-state index is 13.7. The summed E-state index contributed by atoms with van der Waals surface area (Å²) in [6.45, 7) is 9.85. The highest BCUT2D eigenvalue weighted by atomic mass is 31.2. The van der Waals surface area contributed by atoms with Gasteiger partial charge < -0.3 is 14.7 Å².